The number of ketones is 1. The first-order chi connectivity index (χ1) is 8.66. The van der Waals surface area contributed by atoms with Crippen LogP contribution in [-0.2, 0) is 6.42 Å². The van der Waals surface area contributed by atoms with Crippen LogP contribution < -0.4 is 0 Å². The average Bonchev–Trinajstić information content (AvgIpc) is 2.37. The van der Waals surface area contributed by atoms with E-state index in [0.717, 1.165) is 22.0 Å². The van der Waals surface area contributed by atoms with Gasteiger partial charge in [0.15, 0.2) is 5.78 Å². The number of hydrogen-bond acceptors (Lipinski definition) is 1. The van der Waals surface area contributed by atoms with Crippen molar-refractivity contribution in [1.82, 2.24) is 0 Å². The maximum absolute atomic E-state index is 12.1. The predicted molar refractivity (Wildman–Crippen MR) is 78.0 cm³/mol. The second-order valence-electron chi connectivity index (χ2n) is 4.37. The van der Waals surface area contributed by atoms with E-state index in [0.29, 0.717) is 6.42 Å². The number of carbonyl (C=O) groups is 1. The van der Waals surface area contributed by atoms with Gasteiger partial charge in [0.2, 0.25) is 0 Å². The van der Waals surface area contributed by atoms with Crippen LogP contribution in [-0.4, -0.2) is 5.78 Å². The summed E-state index contributed by atoms with van der Waals surface area (Å²) >= 11 is 3.44. The van der Waals surface area contributed by atoms with Crippen molar-refractivity contribution in [2.45, 2.75) is 19.8 Å². The molecule has 0 heterocycles. The van der Waals surface area contributed by atoms with Gasteiger partial charge in [-0.2, -0.15) is 0 Å². The summed E-state index contributed by atoms with van der Waals surface area (Å²) < 4.78 is 1.06. The van der Waals surface area contributed by atoms with Gasteiger partial charge in [0.25, 0.3) is 0 Å². The fourth-order valence-electron chi connectivity index (χ4n) is 1.97. The zero-order valence-corrected chi connectivity index (χ0v) is 11.9. The molecule has 0 N–H and O–H groups in total. The summed E-state index contributed by atoms with van der Waals surface area (Å²) in [6.45, 7) is 1.98. The quantitative estimate of drug-likeness (QED) is 0.756. The van der Waals surface area contributed by atoms with Crippen LogP contribution in [0.5, 0.6) is 0 Å². The van der Waals surface area contributed by atoms with E-state index >= 15 is 0 Å². The fourth-order valence-corrected chi connectivity index (χ4v) is 2.42. The second-order valence-corrected chi connectivity index (χ2v) is 5.28. The molecule has 92 valence electrons. The van der Waals surface area contributed by atoms with E-state index in [1.54, 1.807) is 0 Å². The molecule has 2 heteroatoms. The summed E-state index contributed by atoms with van der Waals surface area (Å²) in [4.78, 5) is 12.1. The molecule has 0 aromatic heterocycles. The van der Waals surface area contributed by atoms with Gasteiger partial charge in [-0.25, -0.2) is 0 Å². The van der Waals surface area contributed by atoms with Crippen molar-refractivity contribution < 1.29 is 4.79 Å². The van der Waals surface area contributed by atoms with Crippen molar-refractivity contribution in [1.29, 1.82) is 0 Å². The molecule has 0 radical (unpaired) electrons. The van der Waals surface area contributed by atoms with Crippen LogP contribution in [0.3, 0.4) is 0 Å². The first-order valence-corrected chi connectivity index (χ1v) is 6.79. The highest BCUT2D eigenvalue weighted by Crippen LogP contribution is 2.15. The van der Waals surface area contributed by atoms with Crippen LogP contribution in [0.2, 0.25) is 0 Å². The fraction of sp³-hybridized carbons (Fsp3) is 0.188. The molecule has 1 nitrogen and oxygen atoms in total. The van der Waals surface area contributed by atoms with Gasteiger partial charge in [-0.05, 0) is 36.6 Å². The van der Waals surface area contributed by atoms with Crippen molar-refractivity contribution in [3.05, 3.63) is 69.7 Å². The summed E-state index contributed by atoms with van der Waals surface area (Å²) in [5, 5.41) is 0. The van der Waals surface area contributed by atoms with Crippen LogP contribution >= 0.6 is 15.9 Å². The number of halogens is 1. The Bertz CT molecular complexity index is 561. The number of carbonyl (C=O) groups excluding carboxylic acids is 1. The van der Waals surface area contributed by atoms with Crippen LogP contribution in [0.1, 0.15) is 27.9 Å². The maximum Gasteiger partial charge on any atom is 0.163 e. The van der Waals surface area contributed by atoms with Crippen LogP contribution in [0.25, 0.3) is 0 Å². The summed E-state index contributed by atoms with van der Waals surface area (Å²) in [6, 6.07) is 15.9. The molecule has 0 saturated carbocycles. The Morgan fingerprint density at radius 3 is 2.61 bits per heavy atom. The van der Waals surface area contributed by atoms with Gasteiger partial charge < -0.3 is 0 Å². The minimum Gasteiger partial charge on any atom is -0.294 e. The molecule has 0 atom stereocenters. The summed E-state index contributed by atoms with van der Waals surface area (Å²) in [5.74, 6) is 0.216. The SMILES string of the molecule is Cc1ccccc1C(=O)CCc1cccc(Br)c1. The molecule has 0 amide bonds. The Balaban J connectivity index is 2.03. The number of hydrogen-bond donors (Lipinski definition) is 0. The highest BCUT2D eigenvalue weighted by Gasteiger charge is 2.08. The molecule has 0 fully saturated rings. The molecule has 18 heavy (non-hydrogen) atoms. The predicted octanol–water partition coefficient (Wildman–Crippen LogP) is 4.57. The lowest BCUT2D eigenvalue weighted by molar-refractivity contribution is 0.0982. The van der Waals surface area contributed by atoms with E-state index in [4.69, 9.17) is 0 Å². The highest BCUT2D eigenvalue weighted by atomic mass is 79.9. The number of aryl methyl sites for hydroxylation is 2. The standard InChI is InChI=1S/C16H15BrO/c1-12-5-2-3-8-15(12)16(18)10-9-13-6-4-7-14(17)11-13/h2-8,11H,9-10H2,1H3. The molecule has 0 bridgehead atoms. The number of benzene rings is 2. The van der Waals surface area contributed by atoms with Crippen LogP contribution in [0, 0.1) is 6.92 Å². The molecule has 0 aliphatic rings. The van der Waals surface area contributed by atoms with Gasteiger partial charge in [-0.3, -0.25) is 4.79 Å². The average molecular weight is 303 g/mol. The normalized spacial score (nSPS) is 10.3. The van der Waals surface area contributed by atoms with Crippen LogP contribution in [0.15, 0.2) is 53.0 Å². The van der Waals surface area contributed by atoms with E-state index in [1.807, 2.05) is 43.3 Å². The van der Waals surface area contributed by atoms with Crippen molar-refractivity contribution >= 4 is 21.7 Å². The van der Waals surface area contributed by atoms with Crippen molar-refractivity contribution in [3.63, 3.8) is 0 Å². The monoisotopic (exact) mass is 302 g/mol. The third-order valence-corrected chi connectivity index (χ3v) is 3.47. The van der Waals surface area contributed by atoms with Gasteiger partial charge in [0.1, 0.15) is 0 Å². The van der Waals surface area contributed by atoms with Gasteiger partial charge in [0, 0.05) is 16.5 Å². The van der Waals surface area contributed by atoms with Gasteiger partial charge in [0.05, 0.1) is 0 Å². The molecule has 0 unspecified atom stereocenters. The second kappa shape index (κ2) is 5.96. The van der Waals surface area contributed by atoms with Crippen molar-refractivity contribution in [2.24, 2.45) is 0 Å². The van der Waals surface area contributed by atoms with Gasteiger partial charge >= 0.3 is 0 Å². The van der Waals surface area contributed by atoms with Gasteiger partial charge in [-0.1, -0.05) is 52.3 Å². The Kier molecular flexibility index (Phi) is 4.32. The molecule has 2 rings (SSSR count). The maximum atomic E-state index is 12.1. The summed E-state index contributed by atoms with van der Waals surface area (Å²) in [7, 11) is 0. The Labute approximate surface area is 116 Å². The molecule has 0 saturated heterocycles. The number of Topliss-reactive ketones (excluding diaryl/α,β-unsaturated/α-hetero) is 1. The molecular weight excluding hydrogens is 288 g/mol. The van der Waals surface area contributed by atoms with Crippen LogP contribution in [0.4, 0.5) is 0 Å². The van der Waals surface area contributed by atoms with E-state index in [1.165, 1.54) is 5.56 Å². The summed E-state index contributed by atoms with van der Waals surface area (Å²) in [6.07, 6.45) is 1.34. The van der Waals surface area contributed by atoms with Gasteiger partial charge in [-0.15, -0.1) is 0 Å². The Morgan fingerprint density at radius 1 is 1.11 bits per heavy atom. The van der Waals surface area contributed by atoms with E-state index in [2.05, 4.69) is 28.1 Å². The van der Waals surface area contributed by atoms with Crippen molar-refractivity contribution in [2.75, 3.05) is 0 Å². The molecule has 0 aliphatic carbocycles. The van der Waals surface area contributed by atoms with E-state index in [-0.39, 0.29) is 5.78 Å². The first-order valence-electron chi connectivity index (χ1n) is 6.00. The van der Waals surface area contributed by atoms with E-state index < -0.39 is 0 Å². The highest BCUT2D eigenvalue weighted by molar-refractivity contribution is 9.10. The number of rotatable bonds is 4. The minimum atomic E-state index is 0.216. The molecule has 2 aromatic carbocycles. The molecular formula is C16H15BrO. The lowest BCUT2D eigenvalue weighted by Crippen LogP contribution is -2.03. The van der Waals surface area contributed by atoms with Crippen molar-refractivity contribution in [3.8, 4) is 0 Å². The Morgan fingerprint density at radius 2 is 1.89 bits per heavy atom. The minimum absolute atomic E-state index is 0.216. The largest absolute Gasteiger partial charge is 0.294 e. The molecule has 2 aromatic rings. The smallest absolute Gasteiger partial charge is 0.163 e. The van der Waals surface area contributed by atoms with E-state index in [9.17, 15) is 4.79 Å². The zero-order chi connectivity index (χ0) is 13.0. The molecule has 0 spiro atoms. The zero-order valence-electron chi connectivity index (χ0n) is 10.3. The third-order valence-electron chi connectivity index (χ3n) is 2.98. The molecule has 0 aliphatic heterocycles. The first kappa shape index (κ1) is 13.0. The lowest BCUT2D eigenvalue weighted by atomic mass is 9.99. The Hall–Kier alpha value is -1.41. The lowest BCUT2D eigenvalue weighted by Gasteiger charge is -2.05. The third kappa shape index (κ3) is 3.30. The topological polar surface area (TPSA) is 17.1 Å². The summed E-state index contributed by atoms with van der Waals surface area (Å²) in [5.41, 5.74) is 3.08.